The molecule has 2 N–H and O–H groups in total. The Bertz CT molecular complexity index is 159. The average molecular weight is 155 g/mol. The van der Waals surface area contributed by atoms with Gasteiger partial charge < -0.3 is 10.2 Å². The minimum atomic E-state index is -0.661. The quantitative estimate of drug-likeness (QED) is 0.446. The molecule has 1 rings (SSSR count). The van der Waals surface area contributed by atoms with Crippen LogP contribution in [0.4, 0.5) is 0 Å². The molecule has 2 heteroatoms. The monoisotopic (exact) mass is 155 g/mol. The van der Waals surface area contributed by atoms with E-state index in [1.165, 1.54) is 0 Å². The van der Waals surface area contributed by atoms with Crippen LogP contribution in [0.3, 0.4) is 0 Å². The van der Waals surface area contributed by atoms with Crippen molar-refractivity contribution >= 4 is 0 Å². The highest BCUT2D eigenvalue weighted by Crippen LogP contribution is 2.29. The Hall–Kier alpha value is -0.340. The third-order valence-corrected chi connectivity index (χ3v) is 2.19. The zero-order valence-corrected chi connectivity index (χ0v) is 7.04. The first-order valence-corrected chi connectivity index (χ1v) is 3.95. The van der Waals surface area contributed by atoms with Crippen molar-refractivity contribution < 1.29 is 10.2 Å². The molecule has 0 aliphatic heterocycles. The summed E-state index contributed by atoms with van der Waals surface area (Å²) in [5, 5.41) is 18.6. The second-order valence-corrected chi connectivity index (χ2v) is 3.50. The smallest absolute Gasteiger partial charge is 0.0798 e. The molecule has 0 saturated heterocycles. The number of aliphatic hydroxyl groups excluding tert-OH is 1. The fraction of sp³-hybridized carbons (Fsp3) is 0.667. The number of rotatable bonds is 1. The number of hydrogen-bond donors (Lipinski definition) is 2. The van der Waals surface area contributed by atoms with Gasteiger partial charge in [-0.05, 0) is 13.3 Å². The van der Waals surface area contributed by atoms with Gasteiger partial charge in [0.1, 0.15) is 0 Å². The third kappa shape index (κ3) is 2.31. The molecular weight excluding hydrogens is 140 g/mol. The van der Waals surface area contributed by atoms with Gasteiger partial charge in [-0.25, -0.2) is 0 Å². The van der Waals surface area contributed by atoms with Crippen LogP contribution in [0.15, 0.2) is 12.2 Å². The number of aliphatic hydroxyl groups is 2. The Labute approximate surface area is 67.6 Å². The summed E-state index contributed by atoms with van der Waals surface area (Å²) < 4.78 is 0. The molecule has 0 fully saturated rings. The maximum atomic E-state index is 9.50. The molecule has 0 radical (unpaired) electrons. The second kappa shape index (κ2) is 2.95. The first kappa shape index (κ1) is 8.75. The van der Waals surface area contributed by atoms with Crippen LogP contribution in [-0.2, 0) is 0 Å². The lowest BCUT2D eigenvalue weighted by atomic mass is 9.84. The SMILES string of the molecule is C[C-](O)[C@H]1C=C[C@](C)(O)CC1. The standard InChI is InChI=1S/C9H15O2/c1-7(10)8-3-5-9(2,11)6-4-8/h3,5,8,10-11H,4,6H2,1-2H3/q-1/t8-,9-/m0/s1. The van der Waals surface area contributed by atoms with Crippen molar-refractivity contribution in [1.82, 2.24) is 0 Å². The summed E-state index contributed by atoms with van der Waals surface area (Å²) in [5.41, 5.74) is -0.661. The molecule has 0 amide bonds. The Morgan fingerprint density at radius 3 is 2.64 bits per heavy atom. The minimum Gasteiger partial charge on any atom is -0.563 e. The van der Waals surface area contributed by atoms with E-state index in [0.717, 1.165) is 12.8 Å². The van der Waals surface area contributed by atoms with Gasteiger partial charge in [-0.3, -0.25) is 0 Å². The van der Waals surface area contributed by atoms with Gasteiger partial charge >= 0.3 is 0 Å². The van der Waals surface area contributed by atoms with Gasteiger partial charge in [0, 0.05) is 0 Å². The van der Waals surface area contributed by atoms with E-state index in [1.807, 2.05) is 6.08 Å². The van der Waals surface area contributed by atoms with E-state index in [9.17, 15) is 5.11 Å². The van der Waals surface area contributed by atoms with Crippen molar-refractivity contribution in [3.8, 4) is 0 Å². The molecule has 0 unspecified atom stereocenters. The van der Waals surface area contributed by atoms with Crippen molar-refractivity contribution in [1.29, 1.82) is 0 Å². The van der Waals surface area contributed by atoms with Crippen molar-refractivity contribution in [3.63, 3.8) is 0 Å². The van der Waals surface area contributed by atoms with Crippen LogP contribution in [0.1, 0.15) is 26.7 Å². The second-order valence-electron chi connectivity index (χ2n) is 3.50. The number of hydrogen-bond acceptors (Lipinski definition) is 2. The van der Waals surface area contributed by atoms with Crippen molar-refractivity contribution in [3.05, 3.63) is 18.3 Å². The zero-order valence-electron chi connectivity index (χ0n) is 7.04. The van der Waals surface area contributed by atoms with Crippen LogP contribution in [0.25, 0.3) is 0 Å². The molecular formula is C9H15O2-. The highest BCUT2D eigenvalue weighted by atomic mass is 16.3. The van der Waals surface area contributed by atoms with Crippen LogP contribution < -0.4 is 0 Å². The molecule has 11 heavy (non-hydrogen) atoms. The van der Waals surface area contributed by atoms with E-state index >= 15 is 0 Å². The Balaban J connectivity index is 2.56. The molecule has 0 aromatic carbocycles. The van der Waals surface area contributed by atoms with E-state index < -0.39 is 5.60 Å². The first-order chi connectivity index (χ1) is 5.01. The predicted molar refractivity (Wildman–Crippen MR) is 43.3 cm³/mol. The normalized spacial score (nSPS) is 38.1. The van der Waals surface area contributed by atoms with E-state index in [4.69, 9.17) is 5.11 Å². The molecule has 1 aliphatic carbocycles. The highest BCUT2D eigenvalue weighted by Gasteiger charge is 2.21. The Morgan fingerprint density at radius 1 is 1.64 bits per heavy atom. The van der Waals surface area contributed by atoms with Gasteiger partial charge in [-0.15, -0.1) is 12.0 Å². The van der Waals surface area contributed by atoms with Crippen LogP contribution in [0.5, 0.6) is 0 Å². The third-order valence-electron chi connectivity index (χ3n) is 2.19. The summed E-state index contributed by atoms with van der Waals surface area (Å²) in [4.78, 5) is 0. The first-order valence-electron chi connectivity index (χ1n) is 3.95. The predicted octanol–water partition coefficient (Wildman–Crippen LogP) is 1.63. The van der Waals surface area contributed by atoms with Gasteiger partial charge in [-0.2, -0.15) is 13.0 Å². The molecule has 64 valence electrons. The van der Waals surface area contributed by atoms with E-state index in [2.05, 4.69) is 0 Å². The van der Waals surface area contributed by atoms with E-state index in [1.54, 1.807) is 19.9 Å². The summed E-state index contributed by atoms with van der Waals surface area (Å²) in [6, 6.07) is 0. The van der Waals surface area contributed by atoms with Crippen molar-refractivity contribution in [2.45, 2.75) is 32.3 Å². The largest absolute Gasteiger partial charge is 0.563 e. The van der Waals surface area contributed by atoms with Crippen molar-refractivity contribution in [2.75, 3.05) is 0 Å². The van der Waals surface area contributed by atoms with Crippen molar-refractivity contribution in [2.24, 2.45) is 5.92 Å². The fourth-order valence-electron chi connectivity index (χ4n) is 1.30. The molecule has 0 spiro atoms. The highest BCUT2D eigenvalue weighted by molar-refractivity contribution is 5.09. The van der Waals surface area contributed by atoms with Crippen LogP contribution in [0.2, 0.25) is 0 Å². The molecule has 0 saturated carbocycles. The van der Waals surface area contributed by atoms with Gasteiger partial charge in [0.05, 0.1) is 5.60 Å². The lowest BCUT2D eigenvalue weighted by Crippen LogP contribution is -2.26. The van der Waals surface area contributed by atoms with Crippen LogP contribution in [-0.4, -0.2) is 15.8 Å². The Kier molecular flexibility index (Phi) is 2.35. The van der Waals surface area contributed by atoms with Gasteiger partial charge in [0.2, 0.25) is 0 Å². The van der Waals surface area contributed by atoms with Crippen LogP contribution >= 0.6 is 0 Å². The molecule has 0 heterocycles. The molecule has 2 nitrogen and oxygen atoms in total. The lowest BCUT2D eigenvalue weighted by Gasteiger charge is -2.35. The maximum Gasteiger partial charge on any atom is 0.0798 e. The maximum absolute atomic E-state index is 9.50. The summed E-state index contributed by atoms with van der Waals surface area (Å²) in [5.74, 6) is 0.148. The molecule has 1 aliphatic rings. The van der Waals surface area contributed by atoms with Gasteiger partial charge in [0.15, 0.2) is 0 Å². The summed E-state index contributed by atoms with van der Waals surface area (Å²) >= 11 is 0. The fourth-order valence-corrected chi connectivity index (χ4v) is 1.30. The molecule has 0 aromatic rings. The minimum absolute atomic E-state index is 0.148. The lowest BCUT2D eigenvalue weighted by molar-refractivity contribution is 0.0831. The van der Waals surface area contributed by atoms with E-state index in [0.29, 0.717) is 6.10 Å². The zero-order chi connectivity index (χ0) is 8.48. The molecule has 2 atom stereocenters. The summed E-state index contributed by atoms with van der Waals surface area (Å²) in [6.45, 7) is 3.49. The van der Waals surface area contributed by atoms with Gasteiger partial charge in [0.25, 0.3) is 0 Å². The summed E-state index contributed by atoms with van der Waals surface area (Å²) in [6.07, 6.45) is 5.65. The molecule has 0 bridgehead atoms. The van der Waals surface area contributed by atoms with Gasteiger partial charge in [-0.1, -0.05) is 12.5 Å². The molecule has 0 aromatic heterocycles. The Morgan fingerprint density at radius 2 is 2.27 bits per heavy atom. The average Bonchev–Trinajstić information content (AvgIpc) is 1.86. The summed E-state index contributed by atoms with van der Waals surface area (Å²) in [7, 11) is 0. The van der Waals surface area contributed by atoms with E-state index in [-0.39, 0.29) is 5.92 Å². The topological polar surface area (TPSA) is 40.5 Å². The van der Waals surface area contributed by atoms with Crippen LogP contribution in [0, 0.1) is 12.0 Å².